The molecule has 84 valence electrons. The largest absolute Gasteiger partial charge is 0.433 e. The van der Waals surface area contributed by atoms with E-state index < -0.39 is 0 Å². The molecule has 2 N–H and O–H groups in total. The molecule has 1 aromatic heterocycles. The van der Waals surface area contributed by atoms with Gasteiger partial charge >= 0.3 is 0 Å². The normalized spacial score (nSPS) is 9.65. The number of benzene rings is 1. The summed E-state index contributed by atoms with van der Waals surface area (Å²) in [6.45, 7) is 0. The van der Waals surface area contributed by atoms with Crippen LogP contribution < -0.4 is 10.5 Å². The van der Waals surface area contributed by atoms with Gasteiger partial charge in [-0.05, 0) is 28.1 Å². The molecular weight excluding hydrogens is 284 g/mol. The number of nitrogens with two attached hydrogens (primary N) is 1. The molecule has 0 spiro atoms. The fourth-order valence-electron chi connectivity index (χ4n) is 1.21. The Kier molecular flexibility index (Phi) is 3.21. The van der Waals surface area contributed by atoms with E-state index in [1.807, 2.05) is 6.07 Å². The maximum atomic E-state index is 8.86. The van der Waals surface area contributed by atoms with Crippen LogP contribution in [0, 0.1) is 11.3 Å². The lowest BCUT2D eigenvalue weighted by Crippen LogP contribution is -1.97. The van der Waals surface area contributed by atoms with Crippen molar-refractivity contribution in [1.82, 2.24) is 9.97 Å². The van der Waals surface area contributed by atoms with Crippen LogP contribution in [0.4, 0.5) is 5.69 Å². The molecule has 0 unspecified atom stereocenters. The van der Waals surface area contributed by atoms with Crippen molar-refractivity contribution in [3.8, 4) is 17.7 Å². The van der Waals surface area contributed by atoms with Gasteiger partial charge in [0.15, 0.2) is 5.75 Å². The second-order valence-corrected chi connectivity index (χ2v) is 3.94. The fourth-order valence-corrected chi connectivity index (χ4v) is 1.67. The van der Waals surface area contributed by atoms with E-state index in [1.54, 1.807) is 18.2 Å². The predicted molar refractivity (Wildman–Crippen MR) is 65.4 cm³/mol. The lowest BCUT2D eigenvalue weighted by molar-refractivity contribution is 0.457. The standard InChI is InChI=1S/C11H7BrN4O/c12-7-2-1-3-8(14)10(7)17-11-9(6-13)15-4-5-16-11/h1-5H,14H2. The van der Waals surface area contributed by atoms with Crippen LogP contribution in [0.2, 0.25) is 0 Å². The maximum Gasteiger partial charge on any atom is 0.256 e. The van der Waals surface area contributed by atoms with Crippen molar-refractivity contribution in [1.29, 1.82) is 5.26 Å². The number of anilines is 1. The number of hydrogen-bond donors (Lipinski definition) is 1. The number of halogens is 1. The summed E-state index contributed by atoms with van der Waals surface area (Å²) in [6, 6.07) is 7.17. The summed E-state index contributed by atoms with van der Waals surface area (Å²) < 4.78 is 6.18. The van der Waals surface area contributed by atoms with Crippen molar-refractivity contribution < 1.29 is 4.74 Å². The van der Waals surface area contributed by atoms with Crippen LogP contribution >= 0.6 is 15.9 Å². The summed E-state index contributed by atoms with van der Waals surface area (Å²) in [5.41, 5.74) is 6.34. The Labute approximate surface area is 106 Å². The van der Waals surface area contributed by atoms with Crippen LogP contribution in [0.25, 0.3) is 0 Å². The van der Waals surface area contributed by atoms with E-state index in [0.717, 1.165) is 0 Å². The summed E-state index contributed by atoms with van der Waals surface area (Å²) in [6.07, 6.45) is 2.87. The first-order chi connectivity index (χ1) is 8.22. The predicted octanol–water partition coefficient (Wildman–Crippen LogP) is 2.49. The highest BCUT2D eigenvalue weighted by Gasteiger charge is 2.11. The molecule has 0 fully saturated rings. The van der Waals surface area contributed by atoms with E-state index in [9.17, 15) is 0 Å². The summed E-state index contributed by atoms with van der Waals surface area (Å²) in [4.78, 5) is 7.79. The number of para-hydroxylation sites is 1. The quantitative estimate of drug-likeness (QED) is 0.859. The molecule has 1 heterocycles. The van der Waals surface area contributed by atoms with Crippen LogP contribution in [0.15, 0.2) is 35.1 Å². The van der Waals surface area contributed by atoms with Crippen molar-refractivity contribution >= 4 is 21.6 Å². The Bertz CT molecular complexity index is 574. The monoisotopic (exact) mass is 290 g/mol. The second kappa shape index (κ2) is 4.80. The Hall–Kier alpha value is -2.13. The summed E-state index contributed by atoms with van der Waals surface area (Å²) in [7, 11) is 0. The molecule has 0 aliphatic carbocycles. The summed E-state index contributed by atoms with van der Waals surface area (Å²) >= 11 is 3.31. The Balaban J connectivity index is 2.42. The van der Waals surface area contributed by atoms with Gasteiger partial charge < -0.3 is 10.5 Å². The molecule has 0 radical (unpaired) electrons. The third-order valence-electron chi connectivity index (χ3n) is 1.97. The highest BCUT2D eigenvalue weighted by molar-refractivity contribution is 9.10. The fraction of sp³-hybridized carbons (Fsp3) is 0. The minimum absolute atomic E-state index is 0.114. The molecule has 5 nitrogen and oxygen atoms in total. The summed E-state index contributed by atoms with van der Waals surface area (Å²) in [5, 5.41) is 8.86. The molecule has 1 aromatic carbocycles. The Morgan fingerprint density at radius 1 is 1.29 bits per heavy atom. The highest BCUT2D eigenvalue weighted by Crippen LogP contribution is 2.34. The SMILES string of the molecule is N#Cc1nccnc1Oc1c(N)cccc1Br. The molecule has 0 atom stereocenters. The van der Waals surface area contributed by atoms with Crippen LogP contribution in [-0.2, 0) is 0 Å². The second-order valence-electron chi connectivity index (χ2n) is 3.08. The number of rotatable bonds is 2. The first-order valence-corrected chi connectivity index (χ1v) is 5.44. The van der Waals surface area contributed by atoms with Crippen LogP contribution in [0.3, 0.4) is 0 Å². The van der Waals surface area contributed by atoms with Gasteiger partial charge in [0.2, 0.25) is 5.69 Å². The average Bonchev–Trinajstić information content (AvgIpc) is 2.34. The topological polar surface area (TPSA) is 84.8 Å². The summed E-state index contributed by atoms with van der Waals surface area (Å²) in [5.74, 6) is 0.554. The van der Waals surface area contributed by atoms with Crippen molar-refractivity contribution in [2.24, 2.45) is 0 Å². The van der Waals surface area contributed by atoms with Gasteiger partial charge in [-0.25, -0.2) is 9.97 Å². The van der Waals surface area contributed by atoms with Crippen LogP contribution in [0.5, 0.6) is 11.6 Å². The zero-order valence-corrected chi connectivity index (χ0v) is 10.2. The average molecular weight is 291 g/mol. The van der Waals surface area contributed by atoms with Crippen molar-refractivity contribution in [2.45, 2.75) is 0 Å². The molecule has 2 aromatic rings. The van der Waals surface area contributed by atoms with Crippen molar-refractivity contribution in [2.75, 3.05) is 5.73 Å². The van der Waals surface area contributed by atoms with Gasteiger partial charge in [0.05, 0.1) is 10.2 Å². The van der Waals surface area contributed by atoms with Gasteiger partial charge in [0, 0.05) is 12.4 Å². The maximum absolute atomic E-state index is 8.86. The number of hydrogen-bond acceptors (Lipinski definition) is 5. The van der Waals surface area contributed by atoms with Gasteiger partial charge in [-0.15, -0.1) is 0 Å². The molecule has 6 heteroatoms. The molecule has 0 aliphatic rings. The minimum Gasteiger partial charge on any atom is -0.433 e. The van der Waals surface area contributed by atoms with E-state index in [-0.39, 0.29) is 11.6 Å². The number of ether oxygens (including phenoxy) is 1. The van der Waals surface area contributed by atoms with Gasteiger partial charge in [0.25, 0.3) is 5.88 Å². The van der Waals surface area contributed by atoms with Crippen LogP contribution in [0.1, 0.15) is 5.69 Å². The molecule has 0 saturated heterocycles. The third kappa shape index (κ3) is 2.34. The van der Waals surface area contributed by atoms with Crippen molar-refractivity contribution in [3.05, 3.63) is 40.8 Å². The Morgan fingerprint density at radius 3 is 2.76 bits per heavy atom. The van der Waals surface area contributed by atoms with Gasteiger partial charge in [-0.3, -0.25) is 0 Å². The highest BCUT2D eigenvalue weighted by atomic mass is 79.9. The number of nitriles is 1. The van der Waals surface area contributed by atoms with E-state index in [1.165, 1.54) is 12.4 Å². The minimum atomic E-state index is 0.114. The third-order valence-corrected chi connectivity index (χ3v) is 2.59. The van der Waals surface area contributed by atoms with Gasteiger partial charge in [-0.2, -0.15) is 5.26 Å². The molecule has 0 amide bonds. The number of aromatic nitrogens is 2. The van der Waals surface area contributed by atoms with E-state index in [2.05, 4.69) is 25.9 Å². The molecule has 17 heavy (non-hydrogen) atoms. The number of nitrogen functional groups attached to an aromatic ring is 1. The molecular formula is C11H7BrN4O. The molecule has 0 saturated carbocycles. The smallest absolute Gasteiger partial charge is 0.256 e. The first-order valence-electron chi connectivity index (χ1n) is 4.65. The van der Waals surface area contributed by atoms with Gasteiger partial charge in [-0.1, -0.05) is 6.07 Å². The molecule has 0 aliphatic heterocycles. The molecule has 0 bridgehead atoms. The van der Waals surface area contributed by atoms with Gasteiger partial charge in [0.1, 0.15) is 6.07 Å². The van der Waals surface area contributed by atoms with Crippen LogP contribution in [-0.4, -0.2) is 9.97 Å². The first kappa shape index (κ1) is 11.4. The zero-order chi connectivity index (χ0) is 12.3. The lowest BCUT2D eigenvalue weighted by Gasteiger charge is -2.09. The van der Waals surface area contributed by atoms with E-state index >= 15 is 0 Å². The number of nitrogens with zero attached hydrogens (tertiary/aromatic N) is 3. The van der Waals surface area contributed by atoms with E-state index in [4.69, 9.17) is 15.7 Å². The van der Waals surface area contributed by atoms with E-state index in [0.29, 0.717) is 15.9 Å². The lowest BCUT2D eigenvalue weighted by atomic mass is 10.3. The molecule has 2 rings (SSSR count). The Morgan fingerprint density at radius 2 is 2.06 bits per heavy atom. The van der Waals surface area contributed by atoms with Crippen molar-refractivity contribution in [3.63, 3.8) is 0 Å². The zero-order valence-electron chi connectivity index (χ0n) is 8.59.